The summed E-state index contributed by atoms with van der Waals surface area (Å²) in [6.45, 7) is 2.14. The number of nitrogens with one attached hydrogen (secondary N) is 1. The van der Waals surface area contributed by atoms with Gasteiger partial charge in [0.2, 0.25) is 11.0 Å². The fraction of sp³-hybridized carbons (Fsp3) is 0.174. The summed E-state index contributed by atoms with van der Waals surface area (Å²) in [5.74, 6) is 1.46. The van der Waals surface area contributed by atoms with Crippen LogP contribution in [0.25, 0.3) is 22.0 Å². The summed E-state index contributed by atoms with van der Waals surface area (Å²) in [7, 11) is 0. The quantitative estimate of drug-likeness (QED) is 0.444. The van der Waals surface area contributed by atoms with Gasteiger partial charge in [-0.1, -0.05) is 73.3 Å². The summed E-state index contributed by atoms with van der Waals surface area (Å²) >= 11 is 1.60. The van der Waals surface area contributed by atoms with E-state index in [1.54, 1.807) is 11.8 Å². The van der Waals surface area contributed by atoms with Crippen LogP contribution in [0.3, 0.4) is 0 Å². The van der Waals surface area contributed by atoms with Crippen LogP contribution in [0.2, 0.25) is 0 Å². The Morgan fingerprint density at radius 3 is 2.69 bits per heavy atom. The van der Waals surface area contributed by atoms with Crippen LogP contribution in [0, 0.1) is 0 Å². The monoisotopic (exact) mass is 400 g/mol. The Hall–Kier alpha value is -3.12. The van der Waals surface area contributed by atoms with Gasteiger partial charge in [-0.05, 0) is 29.3 Å². The lowest BCUT2D eigenvalue weighted by Crippen LogP contribution is -2.17. The minimum absolute atomic E-state index is 0.372. The average Bonchev–Trinajstić information content (AvgIpc) is 2.94. The van der Waals surface area contributed by atoms with E-state index in [-0.39, 0.29) is 6.23 Å². The molecule has 0 radical (unpaired) electrons. The number of benzene rings is 3. The van der Waals surface area contributed by atoms with Gasteiger partial charge in [-0.2, -0.15) is 4.98 Å². The highest BCUT2D eigenvalue weighted by atomic mass is 32.2. The summed E-state index contributed by atoms with van der Waals surface area (Å²) in [5, 5.41) is 15.3. The van der Waals surface area contributed by atoms with Gasteiger partial charge >= 0.3 is 0 Å². The van der Waals surface area contributed by atoms with E-state index in [2.05, 4.69) is 57.8 Å². The van der Waals surface area contributed by atoms with Gasteiger partial charge < -0.3 is 10.1 Å². The number of ether oxygens (including phenoxy) is 1. The first-order valence-corrected chi connectivity index (χ1v) is 10.7. The summed E-state index contributed by atoms with van der Waals surface area (Å²) in [6, 6.07) is 22.7. The van der Waals surface area contributed by atoms with E-state index in [1.165, 1.54) is 10.8 Å². The molecular weight excluding hydrogens is 380 g/mol. The van der Waals surface area contributed by atoms with E-state index >= 15 is 0 Å². The number of hydrogen-bond acceptors (Lipinski definition) is 6. The second kappa shape index (κ2) is 7.72. The summed E-state index contributed by atoms with van der Waals surface area (Å²) in [4.78, 5) is 4.67. The highest BCUT2D eigenvalue weighted by Gasteiger charge is 2.26. The highest BCUT2D eigenvalue weighted by Crippen LogP contribution is 2.39. The third kappa shape index (κ3) is 3.51. The lowest BCUT2D eigenvalue weighted by molar-refractivity contribution is 0.225. The second-order valence-corrected chi connectivity index (χ2v) is 7.95. The third-order valence-electron chi connectivity index (χ3n) is 4.85. The van der Waals surface area contributed by atoms with Gasteiger partial charge in [-0.15, -0.1) is 10.2 Å². The predicted octanol–water partition coefficient (Wildman–Crippen LogP) is 5.70. The van der Waals surface area contributed by atoms with Crippen LogP contribution in [-0.2, 0) is 0 Å². The minimum Gasteiger partial charge on any atom is -0.448 e. The molecule has 144 valence electrons. The molecule has 1 aliphatic heterocycles. The maximum absolute atomic E-state index is 6.36. The number of para-hydroxylation sites is 1. The van der Waals surface area contributed by atoms with Gasteiger partial charge in [0.1, 0.15) is 0 Å². The van der Waals surface area contributed by atoms with E-state index in [0.29, 0.717) is 16.7 Å². The zero-order chi connectivity index (χ0) is 19.6. The molecule has 0 saturated carbocycles. The molecule has 2 heterocycles. The van der Waals surface area contributed by atoms with E-state index in [4.69, 9.17) is 4.74 Å². The van der Waals surface area contributed by atoms with Gasteiger partial charge in [0.25, 0.3) is 0 Å². The molecule has 0 aliphatic carbocycles. The predicted molar refractivity (Wildman–Crippen MR) is 117 cm³/mol. The smallest absolute Gasteiger partial charge is 0.247 e. The van der Waals surface area contributed by atoms with Crippen LogP contribution in [0.15, 0.2) is 71.9 Å². The number of rotatable bonds is 4. The first kappa shape index (κ1) is 17.9. The molecule has 0 fully saturated rings. The molecule has 1 atom stereocenters. The Morgan fingerprint density at radius 1 is 0.966 bits per heavy atom. The molecule has 0 bridgehead atoms. The summed E-state index contributed by atoms with van der Waals surface area (Å²) in [5.41, 5.74) is 3.59. The largest absolute Gasteiger partial charge is 0.448 e. The number of thioether (sulfide) groups is 1. The first-order valence-electron chi connectivity index (χ1n) is 9.70. The molecule has 1 aliphatic rings. The van der Waals surface area contributed by atoms with Gasteiger partial charge in [0, 0.05) is 22.6 Å². The Balaban J connectivity index is 1.60. The molecular formula is C23H20N4OS. The van der Waals surface area contributed by atoms with Gasteiger partial charge in [0.15, 0.2) is 11.9 Å². The molecule has 5 nitrogen and oxygen atoms in total. The Labute approximate surface area is 173 Å². The van der Waals surface area contributed by atoms with Gasteiger partial charge in [0.05, 0.1) is 0 Å². The van der Waals surface area contributed by atoms with Crippen molar-refractivity contribution in [2.24, 2.45) is 0 Å². The van der Waals surface area contributed by atoms with E-state index in [0.717, 1.165) is 29.0 Å². The van der Waals surface area contributed by atoms with Gasteiger partial charge in [-0.3, -0.25) is 0 Å². The highest BCUT2D eigenvalue weighted by molar-refractivity contribution is 7.99. The SMILES string of the molecule is CCCSc1nnc2c(n1)OC(c1ccc3ccccc3c1)Nc1ccccc1-2. The second-order valence-electron chi connectivity index (χ2n) is 6.89. The molecule has 5 rings (SSSR count). The minimum atomic E-state index is -0.372. The Kier molecular flexibility index (Phi) is 4.77. The third-order valence-corrected chi connectivity index (χ3v) is 5.89. The van der Waals surface area contributed by atoms with Crippen molar-refractivity contribution in [3.8, 4) is 17.1 Å². The van der Waals surface area contributed by atoms with Crippen LogP contribution in [0.5, 0.6) is 5.88 Å². The molecule has 0 saturated heterocycles. The van der Waals surface area contributed by atoms with E-state index in [1.807, 2.05) is 36.4 Å². The normalized spacial score (nSPS) is 15.0. The molecule has 1 N–H and O–H groups in total. The van der Waals surface area contributed by atoms with Crippen LogP contribution < -0.4 is 10.1 Å². The molecule has 0 spiro atoms. The molecule has 6 heteroatoms. The molecule has 4 aromatic rings. The average molecular weight is 401 g/mol. The maximum atomic E-state index is 6.36. The fourth-order valence-corrected chi connectivity index (χ4v) is 4.06. The van der Waals surface area contributed by atoms with Crippen molar-refractivity contribution in [1.29, 1.82) is 0 Å². The molecule has 0 amide bonds. The van der Waals surface area contributed by atoms with Crippen LogP contribution in [0.1, 0.15) is 25.1 Å². The van der Waals surface area contributed by atoms with Crippen LogP contribution in [-0.4, -0.2) is 20.9 Å². The number of fused-ring (bicyclic) bond motifs is 4. The standard InChI is InChI=1S/C23H20N4OS/c1-2-13-29-23-25-22-20(26-27-23)18-9-5-6-10-19(18)24-21(28-22)17-12-11-15-7-3-4-8-16(15)14-17/h3-12,14,21,24H,2,13H2,1H3. The summed E-state index contributed by atoms with van der Waals surface area (Å²) < 4.78 is 6.36. The molecule has 29 heavy (non-hydrogen) atoms. The topological polar surface area (TPSA) is 59.9 Å². The van der Waals surface area contributed by atoms with Crippen LogP contribution in [0.4, 0.5) is 5.69 Å². The first-order chi connectivity index (χ1) is 14.3. The van der Waals surface area contributed by atoms with Gasteiger partial charge in [-0.25, -0.2) is 0 Å². The fourth-order valence-electron chi connectivity index (χ4n) is 3.42. The zero-order valence-electron chi connectivity index (χ0n) is 16.0. The number of anilines is 1. The molecule has 1 unspecified atom stereocenters. The Bertz CT molecular complexity index is 1180. The maximum Gasteiger partial charge on any atom is 0.247 e. The van der Waals surface area contributed by atoms with Crippen molar-refractivity contribution >= 4 is 28.2 Å². The van der Waals surface area contributed by atoms with E-state index < -0.39 is 0 Å². The van der Waals surface area contributed by atoms with Crippen molar-refractivity contribution in [1.82, 2.24) is 15.2 Å². The lowest BCUT2D eigenvalue weighted by Gasteiger charge is -2.19. The molecule has 1 aromatic heterocycles. The summed E-state index contributed by atoms with van der Waals surface area (Å²) in [6.07, 6.45) is 0.679. The van der Waals surface area contributed by atoms with Crippen molar-refractivity contribution in [2.45, 2.75) is 24.7 Å². The van der Waals surface area contributed by atoms with E-state index in [9.17, 15) is 0 Å². The number of aromatic nitrogens is 3. The molecule has 3 aromatic carbocycles. The lowest BCUT2D eigenvalue weighted by atomic mass is 10.1. The zero-order valence-corrected chi connectivity index (χ0v) is 16.8. The number of nitrogens with zero attached hydrogens (tertiary/aromatic N) is 3. The van der Waals surface area contributed by atoms with Crippen molar-refractivity contribution in [2.75, 3.05) is 11.1 Å². The van der Waals surface area contributed by atoms with Crippen molar-refractivity contribution in [3.63, 3.8) is 0 Å². The van der Waals surface area contributed by atoms with Crippen molar-refractivity contribution in [3.05, 3.63) is 72.3 Å². The van der Waals surface area contributed by atoms with Crippen LogP contribution >= 0.6 is 11.8 Å². The Morgan fingerprint density at radius 2 is 1.79 bits per heavy atom. The number of hydrogen-bond donors (Lipinski definition) is 1. The van der Waals surface area contributed by atoms with Crippen molar-refractivity contribution < 1.29 is 4.74 Å².